The van der Waals surface area contributed by atoms with E-state index >= 15 is 0 Å². The summed E-state index contributed by atoms with van der Waals surface area (Å²) >= 11 is 3.80. The van der Waals surface area contributed by atoms with Crippen molar-refractivity contribution < 1.29 is 0 Å². The first-order valence-corrected chi connectivity index (χ1v) is 19.2. The summed E-state index contributed by atoms with van der Waals surface area (Å²) in [6.07, 6.45) is 0. The van der Waals surface area contributed by atoms with Gasteiger partial charge in [0, 0.05) is 52.4 Å². The van der Waals surface area contributed by atoms with Crippen molar-refractivity contribution in [2.45, 2.75) is 19.3 Å². The number of anilines is 3. The molecule has 0 atom stereocenters. The van der Waals surface area contributed by atoms with Gasteiger partial charge in [0.15, 0.2) is 0 Å². The van der Waals surface area contributed by atoms with Crippen molar-refractivity contribution in [2.75, 3.05) is 4.90 Å². The zero-order valence-corrected chi connectivity index (χ0v) is 29.9. The first-order valence-electron chi connectivity index (χ1n) is 17.5. The van der Waals surface area contributed by atoms with Crippen molar-refractivity contribution in [3.8, 4) is 16.8 Å². The summed E-state index contributed by atoms with van der Waals surface area (Å²) < 4.78 is 7.80. The fraction of sp³-hybridized carbons (Fsp3) is 0.0638. The fourth-order valence-corrected chi connectivity index (χ4v) is 11.0. The minimum atomic E-state index is -0.241. The fourth-order valence-electron chi connectivity index (χ4n) is 8.65. The zero-order chi connectivity index (χ0) is 33.8. The number of fused-ring (bicyclic) bond motifs is 11. The molecule has 4 heteroatoms. The smallest absolute Gasteiger partial charge is 0.0727 e. The van der Waals surface area contributed by atoms with Crippen LogP contribution in [0.5, 0.6) is 0 Å². The summed E-state index contributed by atoms with van der Waals surface area (Å²) in [5, 5.41) is 5.33. The maximum Gasteiger partial charge on any atom is 0.0727 e. The molecule has 0 spiro atoms. The van der Waals surface area contributed by atoms with Crippen molar-refractivity contribution in [3.05, 3.63) is 169 Å². The number of thiophene rings is 2. The Morgan fingerprint density at radius 3 is 1.90 bits per heavy atom. The molecule has 0 fully saturated rings. The van der Waals surface area contributed by atoms with E-state index in [0.29, 0.717) is 0 Å². The summed E-state index contributed by atoms with van der Waals surface area (Å²) in [4.78, 5) is 2.48. The lowest BCUT2D eigenvalue weighted by molar-refractivity contribution is 0.639. The van der Waals surface area contributed by atoms with Crippen molar-refractivity contribution >= 4 is 91.1 Å². The van der Waals surface area contributed by atoms with E-state index in [1.807, 2.05) is 22.7 Å². The third-order valence-corrected chi connectivity index (χ3v) is 13.3. The highest BCUT2D eigenvalue weighted by molar-refractivity contribution is 7.27. The van der Waals surface area contributed by atoms with E-state index in [0.717, 1.165) is 0 Å². The van der Waals surface area contributed by atoms with Crippen LogP contribution in [-0.4, -0.2) is 4.57 Å². The van der Waals surface area contributed by atoms with Crippen LogP contribution in [0.25, 0.3) is 68.2 Å². The Kier molecular flexibility index (Phi) is 6.08. The predicted molar refractivity (Wildman–Crippen MR) is 221 cm³/mol. The van der Waals surface area contributed by atoms with Crippen molar-refractivity contribution in [1.29, 1.82) is 0 Å². The number of aromatic nitrogens is 1. The molecule has 11 rings (SSSR count). The molecule has 0 saturated heterocycles. The molecule has 2 nitrogen and oxygen atoms in total. The quantitative estimate of drug-likeness (QED) is 0.179. The number of rotatable bonds is 3. The van der Waals surface area contributed by atoms with Crippen molar-refractivity contribution in [1.82, 2.24) is 4.57 Å². The molecule has 0 N–H and O–H groups in total. The van der Waals surface area contributed by atoms with Gasteiger partial charge >= 0.3 is 0 Å². The number of hydrogen-bond acceptors (Lipinski definition) is 3. The normalized spacial score (nSPS) is 13.8. The van der Waals surface area contributed by atoms with E-state index in [4.69, 9.17) is 0 Å². The Morgan fingerprint density at radius 1 is 0.490 bits per heavy atom. The molecule has 0 saturated carbocycles. The van der Waals surface area contributed by atoms with E-state index in [2.05, 4.69) is 181 Å². The third-order valence-electron chi connectivity index (χ3n) is 10.9. The average Bonchev–Trinajstić information content (AvgIpc) is 3.84. The molecule has 3 aromatic heterocycles. The van der Waals surface area contributed by atoms with Crippen molar-refractivity contribution in [3.63, 3.8) is 0 Å². The number of hydrogen-bond donors (Lipinski definition) is 0. The first kappa shape index (κ1) is 29.1. The van der Waals surface area contributed by atoms with Crippen LogP contribution < -0.4 is 4.90 Å². The molecule has 0 aliphatic carbocycles. The van der Waals surface area contributed by atoms with E-state index in [9.17, 15) is 0 Å². The highest BCUT2D eigenvalue weighted by atomic mass is 32.1. The molecule has 1 aliphatic rings. The lowest BCUT2D eigenvalue weighted by Gasteiger charge is -2.42. The Hall–Kier alpha value is -5.68. The molecular weight excluding hydrogens is 657 g/mol. The number of benzene rings is 7. The van der Waals surface area contributed by atoms with Crippen LogP contribution in [0.15, 0.2) is 158 Å². The van der Waals surface area contributed by atoms with Gasteiger partial charge in [0.05, 0.1) is 27.1 Å². The predicted octanol–water partition coefficient (Wildman–Crippen LogP) is 14.1. The van der Waals surface area contributed by atoms with Gasteiger partial charge in [0.25, 0.3) is 0 Å². The van der Waals surface area contributed by atoms with Crippen LogP contribution in [0.1, 0.15) is 25.0 Å². The van der Waals surface area contributed by atoms with E-state index in [1.165, 1.54) is 96.4 Å². The molecule has 0 amide bonds. The molecule has 0 bridgehead atoms. The molecule has 1 aliphatic heterocycles. The van der Waals surface area contributed by atoms with Gasteiger partial charge in [-0.2, -0.15) is 0 Å². The van der Waals surface area contributed by atoms with Gasteiger partial charge in [0.1, 0.15) is 0 Å². The Bertz CT molecular complexity index is 3000. The standard InChI is InChI=1S/C47H32N2S2/c1-47(2)36-28-30(29-21-23-37-35(27-29)46-45(34-18-10-12-20-41(34)51-46)49(37)32-15-7-4-8-16-32)22-24-38(36)48(31-13-5-3-6-14-31)39-25-26-42-43(44(39)47)33-17-9-11-19-40(33)50-42/h3-28H,1-2H3. The largest absolute Gasteiger partial charge is 0.310 e. The summed E-state index contributed by atoms with van der Waals surface area (Å²) in [7, 11) is 0. The Morgan fingerprint density at radius 2 is 1.12 bits per heavy atom. The molecular formula is C47H32N2S2. The van der Waals surface area contributed by atoms with Gasteiger partial charge in [-0.15, -0.1) is 22.7 Å². The Labute approximate surface area is 304 Å². The summed E-state index contributed by atoms with van der Waals surface area (Å²) in [5.41, 5.74) is 12.4. The number of para-hydroxylation sites is 2. The molecule has 51 heavy (non-hydrogen) atoms. The van der Waals surface area contributed by atoms with Crippen LogP contribution >= 0.6 is 22.7 Å². The van der Waals surface area contributed by atoms with Crippen LogP contribution in [0.3, 0.4) is 0 Å². The monoisotopic (exact) mass is 688 g/mol. The van der Waals surface area contributed by atoms with Crippen LogP contribution in [0.4, 0.5) is 17.1 Å². The summed E-state index contributed by atoms with van der Waals surface area (Å²) in [5.74, 6) is 0. The zero-order valence-electron chi connectivity index (χ0n) is 28.2. The highest BCUT2D eigenvalue weighted by Crippen LogP contribution is 2.56. The lowest BCUT2D eigenvalue weighted by Crippen LogP contribution is -2.31. The topological polar surface area (TPSA) is 8.17 Å². The molecule has 7 aromatic carbocycles. The average molecular weight is 689 g/mol. The molecule has 242 valence electrons. The SMILES string of the molecule is CC1(C)c2cc(-c3ccc4c(c3)c3sc5ccccc5c3n4-c3ccccc3)ccc2N(c2ccccc2)c2ccc3sc4ccccc4c3c21. The van der Waals surface area contributed by atoms with Gasteiger partial charge in [-0.1, -0.05) is 98.8 Å². The van der Waals surface area contributed by atoms with Gasteiger partial charge in [-0.05, 0) is 95.1 Å². The molecule has 0 radical (unpaired) electrons. The first-order chi connectivity index (χ1) is 25.1. The second kappa shape index (κ2) is 10.7. The number of nitrogens with zero attached hydrogens (tertiary/aromatic N) is 2. The summed E-state index contributed by atoms with van der Waals surface area (Å²) in [6, 6.07) is 58.3. The molecule has 0 unspecified atom stereocenters. The molecule has 4 heterocycles. The van der Waals surface area contributed by atoms with Crippen LogP contribution in [0, 0.1) is 0 Å². The lowest BCUT2D eigenvalue weighted by atomic mass is 9.71. The maximum absolute atomic E-state index is 2.48. The van der Waals surface area contributed by atoms with Crippen LogP contribution in [-0.2, 0) is 5.41 Å². The third kappa shape index (κ3) is 4.09. The van der Waals surface area contributed by atoms with Gasteiger partial charge in [-0.25, -0.2) is 0 Å². The van der Waals surface area contributed by atoms with Crippen molar-refractivity contribution in [2.24, 2.45) is 0 Å². The van der Waals surface area contributed by atoms with Gasteiger partial charge in [0.2, 0.25) is 0 Å². The summed E-state index contributed by atoms with van der Waals surface area (Å²) in [6.45, 7) is 4.85. The minimum absolute atomic E-state index is 0.241. The van der Waals surface area contributed by atoms with Crippen LogP contribution in [0.2, 0.25) is 0 Å². The van der Waals surface area contributed by atoms with Gasteiger partial charge < -0.3 is 9.47 Å². The van der Waals surface area contributed by atoms with Gasteiger partial charge in [-0.3, -0.25) is 0 Å². The minimum Gasteiger partial charge on any atom is -0.310 e. The second-order valence-corrected chi connectivity index (χ2v) is 16.3. The second-order valence-electron chi connectivity index (χ2n) is 14.1. The van der Waals surface area contributed by atoms with E-state index < -0.39 is 0 Å². The Balaban J connectivity index is 1.16. The highest BCUT2D eigenvalue weighted by Gasteiger charge is 2.39. The van der Waals surface area contributed by atoms with E-state index in [1.54, 1.807) is 0 Å². The molecule has 10 aromatic rings. The van der Waals surface area contributed by atoms with E-state index in [-0.39, 0.29) is 5.41 Å². The maximum atomic E-state index is 2.48.